The zero-order valence-corrected chi connectivity index (χ0v) is 15.5. The summed E-state index contributed by atoms with van der Waals surface area (Å²) in [6, 6.07) is 5.90. The molecule has 0 unspecified atom stereocenters. The summed E-state index contributed by atoms with van der Waals surface area (Å²) in [6.07, 6.45) is 0. The number of benzene rings is 1. The minimum Gasteiger partial charge on any atom is -0.455 e. The summed E-state index contributed by atoms with van der Waals surface area (Å²) in [6.45, 7) is 5.72. The van der Waals surface area contributed by atoms with Crippen LogP contribution in [0.3, 0.4) is 0 Å². The van der Waals surface area contributed by atoms with Crippen molar-refractivity contribution in [2.75, 3.05) is 13.7 Å². The van der Waals surface area contributed by atoms with E-state index >= 15 is 0 Å². The van der Waals surface area contributed by atoms with E-state index in [1.807, 2.05) is 0 Å². The lowest BCUT2D eigenvalue weighted by atomic mass is 10.2. The summed E-state index contributed by atoms with van der Waals surface area (Å²) in [5.41, 5.74) is -0.674. The van der Waals surface area contributed by atoms with Gasteiger partial charge in [0.2, 0.25) is 11.5 Å². The number of hydrogen-bond acceptors (Lipinski definition) is 8. The third-order valence-electron chi connectivity index (χ3n) is 2.69. The molecule has 1 aromatic carbocycles. The maximum Gasteiger partial charge on any atom is 0.364 e. The monoisotopic (exact) mass is 371 g/mol. The fourth-order valence-electron chi connectivity index (χ4n) is 1.59. The number of carbonyl (C=O) groups excluding carboxylic acids is 2. The molecular formula is C16H21NO7S. The molecule has 0 aliphatic carbocycles. The fourth-order valence-corrected chi connectivity index (χ4v) is 2.46. The lowest BCUT2D eigenvalue weighted by Crippen LogP contribution is -2.35. The molecule has 0 aliphatic rings. The summed E-state index contributed by atoms with van der Waals surface area (Å²) < 4.78 is 33.9. The van der Waals surface area contributed by atoms with E-state index in [1.165, 1.54) is 12.1 Å². The van der Waals surface area contributed by atoms with Crippen LogP contribution in [0.5, 0.6) is 0 Å². The second-order valence-corrected chi connectivity index (χ2v) is 7.69. The Morgan fingerprint density at radius 3 is 2.16 bits per heavy atom. The molecule has 0 aromatic heterocycles. The van der Waals surface area contributed by atoms with E-state index in [0.29, 0.717) is 0 Å². The third kappa shape index (κ3) is 6.63. The summed E-state index contributed by atoms with van der Waals surface area (Å²) in [4.78, 5) is 28.4. The van der Waals surface area contributed by atoms with Crippen LogP contribution in [0.2, 0.25) is 0 Å². The van der Waals surface area contributed by atoms with Crippen molar-refractivity contribution in [3.63, 3.8) is 0 Å². The van der Waals surface area contributed by atoms with Gasteiger partial charge in [0.1, 0.15) is 19.3 Å². The van der Waals surface area contributed by atoms with E-state index in [1.54, 1.807) is 39.8 Å². The van der Waals surface area contributed by atoms with Crippen molar-refractivity contribution in [1.29, 1.82) is 0 Å². The number of ketones is 1. The average Bonchev–Trinajstić information content (AvgIpc) is 2.49. The maximum atomic E-state index is 12.1. The normalized spacial score (nSPS) is 12.6. The number of esters is 1. The smallest absolute Gasteiger partial charge is 0.364 e. The van der Waals surface area contributed by atoms with Crippen molar-refractivity contribution in [1.82, 2.24) is 0 Å². The molecule has 0 bridgehead atoms. The number of carbonyl (C=O) groups is 2. The molecule has 0 aliphatic heterocycles. The molecule has 0 N–H and O–H groups in total. The van der Waals surface area contributed by atoms with Gasteiger partial charge < -0.3 is 9.57 Å². The molecule has 0 atom stereocenters. The van der Waals surface area contributed by atoms with Crippen LogP contribution in [0, 0.1) is 6.92 Å². The molecule has 0 amide bonds. The number of rotatable bonds is 7. The SMILES string of the molecule is CON=C(C(=O)COS(=O)(=O)c1ccc(C)cc1)C(=O)OC(C)(C)C. The first-order chi connectivity index (χ1) is 11.5. The van der Waals surface area contributed by atoms with Crippen molar-refractivity contribution >= 4 is 27.6 Å². The Labute approximate surface area is 146 Å². The first kappa shape index (κ1) is 20.8. The lowest BCUT2D eigenvalue weighted by molar-refractivity contribution is -0.146. The third-order valence-corrected chi connectivity index (χ3v) is 3.97. The van der Waals surface area contributed by atoms with E-state index in [4.69, 9.17) is 8.92 Å². The second kappa shape index (κ2) is 8.21. The molecule has 9 heteroatoms. The highest BCUT2D eigenvalue weighted by molar-refractivity contribution is 7.86. The van der Waals surface area contributed by atoms with Crippen molar-refractivity contribution in [3.8, 4) is 0 Å². The predicted octanol–water partition coefficient (Wildman–Crippen LogP) is 1.61. The van der Waals surface area contributed by atoms with Crippen molar-refractivity contribution in [3.05, 3.63) is 29.8 Å². The Kier molecular flexibility index (Phi) is 6.83. The zero-order valence-electron chi connectivity index (χ0n) is 14.7. The van der Waals surface area contributed by atoms with Crippen LogP contribution in [0.25, 0.3) is 0 Å². The first-order valence-electron chi connectivity index (χ1n) is 7.30. The van der Waals surface area contributed by atoms with Gasteiger partial charge in [-0.3, -0.25) is 8.98 Å². The Hall–Kier alpha value is -2.26. The van der Waals surface area contributed by atoms with Gasteiger partial charge in [0.25, 0.3) is 10.1 Å². The summed E-state index contributed by atoms with van der Waals surface area (Å²) in [7, 11) is -3.01. The minimum atomic E-state index is -4.15. The van der Waals surface area contributed by atoms with Crippen LogP contribution in [0.4, 0.5) is 0 Å². The van der Waals surface area contributed by atoms with Gasteiger partial charge in [-0.05, 0) is 39.8 Å². The van der Waals surface area contributed by atoms with Crippen LogP contribution in [-0.4, -0.2) is 45.2 Å². The second-order valence-electron chi connectivity index (χ2n) is 6.08. The molecular weight excluding hydrogens is 350 g/mol. The highest BCUT2D eigenvalue weighted by Crippen LogP contribution is 2.13. The van der Waals surface area contributed by atoms with Gasteiger partial charge in [-0.2, -0.15) is 8.42 Å². The molecule has 1 aromatic rings. The van der Waals surface area contributed by atoms with Crippen molar-refractivity contribution < 1.29 is 31.8 Å². The average molecular weight is 371 g/mol. The number of nitrogens with zero attached hydrogens (tertiary/aromatic N) is 1. The van der Waals surface area contributed by atoms with Crippen molar-refractivity contribution in [2.24, 2.45) is 5.16 Å². The Morgan fingerprint density at radius 2 is 1.68 bits per heavy atom. The molecule has 0 saturated carbocycles. The Balaban J connectivity index is 2.86. The lowest BCUT2D eigenvalue weighted by Gasteiger charge is -2.19. The van der Waals surface area contributed by atoms with Crippen LogP contribution < -0.4 is 0 Å². The van der Waals surface area contributed by atoms with Gasteiger partial charge in [0, 0.05) is 0 Å². The number of ether oxygens (including phenoxy) is 1. The maximum absolute atomic E-state index is 12.1. The number of hydrogen-bond donors (Lipinski definition) is 0. The topological polar surface area (TPSA) is 108 Å². The van der Waals surface area contributed by atoms with Crippen molar-refractivity contribution in [2.45, 2.75) is 38.2 Å². The molecule has 8 nitrogen and oxygen atoms in total. The van der Waals surface area contributed by atoms with Crippen LogP contribution in [0.1, 0.15) is 26.3 Å². The largest absolute Gasteiger partial charge is 0.455 e. The molecule has 25 heavy (non-hydrogen) atoms. The molecule has 1 rings (SSSR count). The van der Waals surface area contributed by atoms with Gasteiger partial charge >= 0.3 is 5.97 Å². The van der Waals surface area contributed by atoms with E-state index < -0.39 is 39.8 Å². The van der Waals surface area contributed by atoms with Crippen LogP contribution in [-0.2, 0) is 33.5 Å². The molecule has 0 saturated heterocycles. The highest BCUT2D eigenvalue weighted by Gasteiger charge is 2.29. The quantitative estimate of drug-likeness (QED) is 0.235. The fraction of sp³-hybridized carbons (Fsp3) is 0.438. The highest BCUT2D eigenvalue weighted by atomic mass is 32.2. The van der Waals surface area contributed by atoms with E-state index in [2.05, 4.69) is 9.99 Å². The molecule has 0 radical (unpaired) electrons. The van der Waals surface area contributed by atoms with Gasteiger partial charge in [-0.25, -0.2) is 4.79 Å². The molecule has 0 fully saturated rings. The van der Waals surface area contributed by atoms with E-state index in [-0.39, 0.29) is 4.90 Å². The van der Waals surface area contributed by atoms with Gasteiger partial charge in [0.15, 0.2) is 0 Å². The van der Waals surface area contributed by atoms with Gasteiger partial charge in [-0.15, -0.1) is 0 Å². The standard InChI is InChI=1S/C16H21NO7S/c1-11-6-8-12(9-7-11)25(20,21)23-10-13(18)14(17-22-5)15(19)24-16(2,3)4/h6-9H,10H2,1-5H3. The molecule has 0 spiro atoms. The zero-order chi connectivity index (χ0) is 19.3. The predicted molar refractivity (Wildman–Crippen MR) is 89.6 cm³/mol. The summed E-state index contributed by atoms with van der Waals surface area (Å²) >= 11 is 0. The van der Waals surface area contributed by atoms with Crippen LogP contribution >= 0.6 is 0 Å². The van der Waals surface area contributed by atoms with Gasteiger partial charge in [0.05, 0.1) is 4.90 Å². The minimum absolute atomic E-state index is 0.103. The molecule has 0 heterocycles. The summed E-state index contributed by atoms with van der Waals surface area (Å²) in [5.74, 6) is -2.01. The first-order valence-corrected chi connectivity index (χ1v) is 8.71. The van der Waals surface area contributed by atoms with Crippen LogP contribution in [0.15, 0.2) is 34.3 Å². The van der Waals surface area contributed by atoms with Gasteiger partial charge in [-0.1, -0.05) is 22.9 Å². The number of aryl methyl sites for hydroxylation is 1. The molecule has 138 valence electrons. The Morgan fingerprint density at radius 1 is 1.12 bits per heavy atom. The van der Waals surface area contributed by atoms with E-state index in [0.717, 1.165) is 12.7 Å². The van der Waals surface area contributed by atoms with E-state index in [9.17, 15) is 18.0 Å². The number of Topliss-reactive ketones (excluding diaryl/α,β-unsaturated/α-hetero) is 1. The number of oxime groups is 1. The summed E-state index contributed by atoms with van der Waals surface area (Å²) in [5, 5.41) is 3.31. The Bertz CT molecular complexity index is 759.